The lowest BCUT2D eigenvalue weighted by molar-refractivity contribution is -0.139. The summed E-state index contributed by atoms with van der Waals surface area (Å²) in [5, 5.41) is 9.36. The van der Waals surface area contributed by atoms with E-state index in [4.69, 9.17) is 18.9 Å². The maximum absolute atomic E-state index is 12.6. The van der Waals surface area contributed by atoms with E-state index in [1.807, 2.05) is 42.5 Å². The third-order valence-corrected chi connectivity index (χ3v) is 7.87. The molecule has 0 radical (unpaired) electrons. The van der Waals surface area contributed by atoms with Crippen LogP contribution >= 0.6 is 45.2 Å². The molecule has 44 heavy (non-hydrogen) atoms. The van der Waals surface area contributed by atoms with Crippen molar-refractivity contribution in [1.29, 1.82) is 0 Å². The first-order valence-electron chi connectivity index (χ1n) is 13.4. The summed E-state index contributed by atoms with van der Waals surface area (Å²) in [6.07, 6.45) is 1.53. The van der Waals surface area contributed by atoms with Gasteiger partial charge in [-0.05, 0) is 118 Å². The maximum atomic E-state index is 12.6. The highest BCUT2D eigenvalue weighted by molar-refractivity contribution is 14.1. The monoisotopic (exact) mass is 824 g/mol. The Morgan fingerprint density at radius 2 is 1.75 bits per heavy atom. The fourth-order valence-corrected chi connectivity index (χ4v) is 5.27. The molecule has 4 rings (SSSR count). The number of methoxy groups -OCH3 is 1. The van der Waals surface area contributed by atoms with E-state index in [9.17, 15) is 14.4 Å². The lowest BCUT2D eigenvalue weighted by Crippen LogP contribution is -2.45. The molecular formula is C31H30I2N4O7. The van der Waals surface area contributed by atoms with E-state index in [0.717, 1.165) is 20.4 Å². The first-order chi connectivity index (χ1) is 21.2. The van der Waals surface area contributed by atoms with Gasteiger partial charge in [0.2, 0.25) is 0 Å². The number of allylic oxidation sites excluding steroid dienone is 1. The zero-order chi connectivity index (χ0) is 31.6. The van der Waals surface area contributed by atoms with Crippen LogP contribution in [-0.2, 0) is 20.9 Å². The van der Waals surface area contributed by atoms with Crippen LogP contribution in [0.3, 0.4) is 0 Å². The zero-order valence-electron chi connectivity index (χ0n) is 24.1. The van der Waals surface area contributed by atoms with E-state index >= 15 is 0 Å². The van der Waals surface area contributed by atoms with Crippen LogP contribution in [-0.4, -0.2) is 44.4 Å². The number of amides is 3. The number of rotatable bonds is 12. The predicted octanol–water partition coefficient (Wildman–Crippen LogP) is 5.20. The Morgan fingerprint density at radius 3 is 2.45 bits per heavy atom. The molecule has 0 spiro atoms. The number of ether oxygens (including phenoxy) is 4. The van der Waals surface area contributed by atoms with Gasteiger partial charge in [-0.25, -0.2) is 15.0 Å². The van der Waals surface area contributed by atoms with Gasteiger partial charge < -0.3 is 29.6 Å². The van der Waals surface area contributed by atoms with Gasteiger partial charge >= 0.3 is 12.0 Å². The Hall–Kier alpha value is -3.86. The van der Waals surface area contributed by atoms with Crippen LogP contribution in [0.4, 0.5) is 4.79 Å². The third-order valence-electron chi connectivity index (χ3n) is 6.31. The SMILES string of the molecule is CCOC(=O)C1=C(C)NC(=O)N[C@@H]1c1ccc(OCC(=O)N/N=C\c2ccc(OCc3ccc(I)cc3)c(I)c2)c(OC)c1. The second-order valence-electron chi connectivity index (χ2n) is 9.39. The van der Waals surface area contributed by atoms with Crippen molar-refractivity contribution in [3.63, 3.8) is 0 Å². The molecule has 11 nitrogen and oxygen atoms in total. The summed E-state index contributed by atoms with van der Waals surface area (Å²) in [7, 11) is 1.45. The minimum atomic E-state index is -0.764. The molecule has 1 atom stereocenters. The Bertz CT molecular complexity index is 1590. The predicted molar refractivity (Wildman–Crippen MR) is 181 cm³/mol. The molecule has 3 aromatic carbocycles. The molecule has 1 aliphatic heterocycles. The average molecular weight is 824 g/mol. The molecule has 0 bridgehead atoms. The van der Waals surface area contributed by atoms with Crippen molar-refractivity contribution in [3.8, 4) is 17.2 Å². The van der Waals surface area contributed by atoms with E-state index in [1.54, 1.807) is 32.0 Å². The number of hydrazone groups is 1. The van der Waals surface area contributed by atoms with Crippen LogP contribution in [0.5, 0.6) is 17.2 Å². The number of nitrogens with one attached hydrogen (secondary N) is 3. The summed E-state index contributed by atoms with van der Waals surface area (Å²) in [6, 6.07) is 17.4. The van der Waals surface area contributed by atoms with E-state index in [-0.39, 0.29) is 18.8 Å². The summed E-state index contributed by atoms with van der Waals surface area (Å²) >= 11 is 4.46. The number of carbonyl (C=O) groups excluding carboxylic acids is 3. The largest absolute Gasteiger partial charge is 0.493 e. The highest BCUT2D eigenvalue weighted by Crippen LogP contribution is 2.34. The van der Waals surface area contributed by atoms with Gasteiger partial charge in [0.15, 0.2) is 18.1 Å². The van der Waals surface area contributed by atoms with Gasteiger partial charge in [-0.15, -0.1) is 0 Å². The summed E-state index contributed by atoms with van der Waals surface area (Å²) in [5.74, 6) is 0.337. The number of urea groups is 1. The molecular weight excluding hydrogens is 794 g/mol. The van der Waals surface area contributed by atoms with E-state index in [2.05, 4.69) is 66.3 Å². The highest BCUT2D eigenvalue weighted by atomic mass is 127. The molecule has 0 saturated heterocycles. The lowest BCUT2D eigenvalue weighted by Gasteiger charge is -2.28. The van der Waals surface area contributed by atoms with Gasteiger partial charge in [0.05, 0.1) is 35.1 Å². The second-order valence-corrected chi connectivity index (χ2v) is 11.8. The quantitative estimate of drug-likeness (QED) is 0.0989. The Labute approximate surface area is 282 Å². The van der Waals surface area contributed by atoms with E-state index < -0.39 is 23.9 Å². The molecule has 13 heteroatoms. The van der Waals surface area contributed by atoms with Gasteiger partial charge in [0.25, 0.3) is 5.91 Å². The normalized spacial score (nSPS) is 14.5. The average Bonchev–Trinajstić information content (AvgIpc) is 3.00. The van der Waals surface area contributed by atoms with Crippen LogP contribution in [0.15, 0.2) is 77.0 Å². The standard InChI is InChI=1S/C31H30I2N4O7/c1-4-42-30(39)28-18(2)35-31(40)36-29(28)21-8-12-25(26(14-21)41-3)44-17-27(38)37-34-15-20-7-11-24(23(33)13-20)43-16-19-5-9-22(32)10-6-19/h5-15,29H,4,16-17H2,1-3H3,(H,37,38)(H2,35,36,40)/b34-15-/t29-/m1/s1. The first-order valence-corrected chi connectivity index (χ1v) is 15.6. The van der Waals surface area contributed by atoms with Crippen molar-refractivity contribution >= 4 is 69.3 Å². The molecule has 1 heterocycles. The van der Waals surface area contributed by atoms with Gasteiger partial charge in [-0.3, -0.25) is 4.79 Å². The summed E-state index contributed by atoms with van der Waals surface area (Å²) in [4.78, 5) is 37.2. The van der Waals surface area contributed by atoms with Crippen molar-refractivity contribution < 1.29 is 33.3 Å². The molecule has 3 amide bonds. The molecule has 1 aliphatic rings. The molecule has 0 unspecified atom stereocenters. The maximum Gasteiger partial charge on any atom is 0.338 e. The van der Waals surface area contributed by atoms with Crippen LogP contribution in [0.25, 0.3) is 0 Å². The molecule has 230 valence electrons. The first kappa shape index (κ1) is 33.0. The van der Waals surface area contributed by atoms with Crippen molar-refractivity contribution in [2.75, 3.05) is 20.3 Å². The van der Waals surface area contributed by atoms with Crippen molar-refractivity contribution in [3.05, 3.63) is 95.8 Å². The number of carbonyl (C=O) groups is 3. The summed E-state index contributed by atoms with van der Waals surface area (Å²) < 4.78 is 24.3. The van der Waals surface area contributed by atoms with Crippen molar-refractivity contribution in [2.45, 2.75) is 26.5 Å². The molecule has 3 N–H and O–H groups in total. The number of benzene rings is 3. The highest BCUT2D eigenvalue weighted by Gasteiger charge is 2.32. The van der Waals surface area contributed by atoms with Gasteiger partial charge in [0, 0.05) is 9.27 Å². The molecule has 0 aliphatic carbocycles. The Kier molecular flexibility index (Phi) is 11.8. The van der Waals surface area contributed by atoms with Gasteiger partial charge in [-0.1, -0.05) is 18.2 Å². The number of hydrogen-bond acceptors (Lipinski definition) is 8. The summed E-state index contributed by atoms with van der Waals surface area (Å²) in [6.45, 7) is 3.66. The lowest BCUT2D eigenvalue weighted by atomic mass is 9.95. The Balaban J connectivity index is 1.33. The minimum Gasteiger partial charge on any atom is -0.493 e. The van der Waals surface area contributed by atoms with Crippen LogP contribution in [0.1, 0.15) is 36.6 Å². The van der Waals surface area contributed by atoms with Crippen molar-refractivity contribution in [1.82, 2.24) is 16.1 Å². The van der Waals surface area contributed by atoms with Gasteiger partial charge in [0.1, 0.15) is 12.4 Å². The second kappa shape index (κ2) is 15.7. The number of nitrogens with zero attached hydrogens (tertiary/aromatic N) is 1. The third kappa shape index (κ3) is 8.84. The van der Waals surface area contributed by atoms with Crippen LogP contribution < -0.4 is 30.3 Å². The summed E-state index contributed by atoms with van der Waals surface area (Å²) in [5.41, 5.74) is 5.55. The zero-order valence-corrected chi connectivity index (χ0v) is 28.4. The Morgan fingerprint density at radius 1 is 1.00 bits per heavy atom. The fraction of sp³-hybridized carbons (Fsp3) is 0.226. The van der Waals surface area contributed by atoms with Gasteiger partial charge in [-0.2, -0.15) is 5.10 Å². The van der Waals surface area contributed by atoms with E-state index in [1.165, 1.54) is 16.9 Å². The van der Waals surface area contributed by atoms with Crippen LogP contribution in [0.2, 0.25) is 0 Å². The minimum absolute atomic E-state index is 0.188. The number of esters is 1. The molecule has 0 saturated carbocycles. The smallest absolute Gasteiger partial charge is 0.338 e. The molecule has 0 fully saturated rings. The number of hydrogen-bond donors (Lipinski definition) is 3. The topological polar surface area (TPSA) is 137 Å². The molecule has 0 aromatic heterocycles. The number of halogens is 2. The molecule has 3 aromatic rings. The van der Waals surface area contributed by atoms with Crippen molar-refractivity contribution in [2.24, 2.45) is 5.10 Å². The van der Waals surface area contributed by atoms with Crippen LogP contribution in [0, 0.1) is 7.14 Å². The van der Waals surface area contributed by atoms with E-state index in [0.29, 0.717) is 29.4 Å². The fourth-order valence-electron chi connectivity index (χ4n) is 4.22.